The summed E-state index contributed by atoms with van der Waals surface area (Å²) in [5.41, 5.74) is 1.50. The molecular formula is C16H8ClN3O2S. The molecule has 0 saturated carbocycles. The highest BCUT2D eigenvalue weighted by atomic mass is 35.5. The molecule has 7 heteroatoms. The Morgan fingerprint density at radius 3 is 2.83 bits per heavy atom. The first-order valence-electron chi connectivity index (χ1n) is 6.50. The van der Waals surface area contributed by atoms with Gasteiger partial charge in [-0.2, -0.15) is 5.26 Å². The second-order valence-corrected chi connectivity index (χ2v) is 6.06. The van der Waals surface area contributed by atoms with Gasteiger partial charge in [0, 0.05) is 6.07 Å². The van der Waals surface area contributed by atoms with Crippen molar-refractivity contribution in [3.63, 3.8) is 0 Å². The fraction of sp³-hybridized carbons (Fsp3) is 0. The van der Waals surface area contributed by atoms with Crippen LogP contribution in [0.4, 0.5) is 5.69 Å². The van der Waals surface area contributed by atoms with E-state index in [1.54, 1.807) is 12.1 Å². The van der Waals surface area contributed by atoms with Crippen LogP contribution >= 0.6 is 22.9 Å². The van der Waals surface area contributed by atoms with E-state index in [-0.39, 0.29) is 10.7 Å². The van der Waals surface area contributed by atoms with Crippen LogP contribution in [0, 0.1) is 21.4 Å². The normalized spacial score (nSPS) is 11.4. The second kappa shape index (κ2) is 6.16. The highest BCUT2D eigenvalue weighted by molar-refractivity contribution is 7.19. The van der Waals surface area contributed by atoms with Crippen LogP contribution in [0.3, 0.4) is 0 Å². The summed E-state index contributed by atoms with van der Waals surface area (Å²) in [5, 5.41) is 21.0. The van der Waals surface area contributed by atoms with Crippen LogP contribution in [0.25, 0.3) is 21.9 Å². The lowest BCUT2D eigenvalue weighted by atomic mass is 10.1. The summed E-state index contributed by atoms with van der Waals surface area (Å²) in [4.78, 5) is 14.8. The summed E-state index contributed by atoms with van der Waals surface area (Å²) in [7, 11) is 0. The van der Waals surface area contributed by atoms with E-state index >= 15 is 0 Å². The number of para-hydroxylation sites is 1. The molecule has 5 nitrogen and oxygen atoms in total. The zero-order chi connectivity index (χ0) is 16.4. The van der Waals surface area contributed by atoms with Crippen molar-refractivity contribution in [3.05, 3.63) is 68.2 Å². The molecule has 112 valence electrons. The van der Waals surface area contributed by atoms with Gasteiger partial charge >= 0.3 is 0 Å². The third-order valence-corrected chi connectivity index (χ3v) is 4.51. The Kier molecular flexibility index (Phi) is 4.06. The van der Waals surface area contributed by atoms with Gasteiger partial charge in [0.25, 0.3) is 5.69 Å². The van der Waals surface area contributed by atoms with Gasteiger partial charge < -0.3 is 0 Å². The number of hydrogen-bond acceptors (Lipinski definition) is 5. The monoisotopic (exact) mass is 341 g/mol. The van der Waals surface area contributed by atoms with Crippen molar-refractivity contribution >= 4 is 50.5 Å². The van der Waals surface area contributed by atoms with Gasteiger partial charge in [0.05, 0.1) is 20.7 Å². The van der Waals surface area contributed by atoms with Crippen molar-refractivity contribution in [1.29, 1.82) is 5.26 Å². The van der Waals surface area contributed by atoms with Gasteiger partial charge in [0.2, 0.25) is 0 Å². The first-order valence-corrected chi connectivity index (χ1v) is 7.69. The molecule has 23 heavy (non-hydrogen) atoms. The summed E-state index contributed by atoms with van der Waals surface area (Å²) >= 11 is 7.20. The average Bonchev–Trinajstić information content (AvgIpc) is 2.97. The van der Waals surface area contributed by atoms with Crippen LogP contribution in [0.15, 0.2) is 42.5 Å². The molecule has 0 spiro atoms. The van der Waals surface area contributed by atoms with E-state index in [4.69, 9.17) is 11.6 Å². The minimum atomic E-state index is -0.552. The van der Waals surface area contributed by atoms with Crippen molar-refractivity contribution < 1.29 is 4.92 Å². The second-order valence-electron chi connectivity index (χ2n) is 4.62. The van der Waals surface area contributed by atoms with E-state index in [1.165, 1.54) is 23.5 Å². The number of fused-ring (bicyclic) bond motifs is 1. The van der Waals surface area contributed by atoms with E-state index in [1.807, 2.05) is 24.3 Å². The van der Waals surface area contributed by atoms with Gasteiger partial charge in [-0.1, -0.05) is 29.8 Å². The maximum Gasteiger partial charge on any atom is 0.288 e. The molecule has 0 amide bonds. The lowest BCUT2D eigenvalue weighted by Gasteiger charge is -1.98. The molecule has 0 radical (unpaired) electrons. The van der Waals surface area contributed by atoms with Gasteiger partial charge in [-0.15, -0.1) is 11.3 Å². The number of nitrogens with zero attached hydrogens (tertiary/aromatic N) is 3. The Morgan fingerprint density at radius 2 is 2.13 bits per heavy atom. The topological polar surface area (TPSA) is 79.8 Å². The van der Waals surface area contributed by atoms with Crippen LogP contribution in [-0.2, 0) is 0 Å². The van der Waals surface area contributed by atoms with Crippen molar-refractivity contribution in [2.24, 2.45) is 0 Å². The number of nitro groups is 1. The lowest BCUT2D eigenvalue weighted by Crippen LogP contribution is -1.90. The van der Waals surface area contributed by atoms with E-state index in [0.717, 1.165) is 10.2 Å². The third kappa shape index (κ3) is 3.06. The maximum atomic E-state index is 10.9. The summed E-state index contributed by atoms with van der Waals surface area (Å²) < 4.78 is 0.978. The Balaban J connectivity index is 2.07. The fourth-order valence-electron chi connectivity index (χ4n) is 2.06. The SMILES string of the molecule is N#CC(=Cc1ccc(Cl)c([N+](=O)[O-])c1)c1nc2ccccc2s1. The quantitative estimate of drug-likeness (QED) is 0.384. The molecule has 0 aliphatic rings. The minimum absolute atomic E-state index is 0.0608. The fourth-order valence-corrected chi connectivity index (χ4v) is 3.17. The molecule has 0 aliphatic carbocycles. The van der Waals surface area contributed by atoms with Gasteiger partial charge in [0.15, 0.2) is 0 Å². The Labute approximate surface area is 140 Å². The van der Waals surface area contributed by atoms with Gasteiger partial charge in [-0.25, -0.2) is 4.98 Å². The zero-order valence-electron chi connectivity index (χ0n) is 11.6. The maximum absolute atomic E-state index is 10.9. The number of nitro benzene ring substituents is 1. The number of halogens is 1. The molecule has 3 aromatic rings. The standard InChI is InChI=1S/C16H8ClN3O2S/c17-12-6-5-10(8-14(12)20(21)22)7-11(9-18)16-19-13-3-1-2-4-15(13)23-16/h1-8H. The molecule has 0 fully saturated rings. The number of thiazole rings is 1. The van der Waals surface area contributed by atoms with Gasteiger partial charge in [-0.05, 0) is 29.8 Å². The molecule has 0 unspecified atom stereocenters. The zero-order valence-corrected chi connectivity index (χ0v) is 13.1. The van der Waals surface area contributed by atoms with Crippen LogP contribution in [0.2, 0.25) is 5.02 Å². The van der Waals surface area contributed by atoms with Crippen molar-refractivity contribution in [1.82, 2.24) is 4.98 Å². The summed E-state index contributed by atoms with van der Waals surface area (Å²) in [6.07, 6.45) is 1.57. The summed E-state index contributed by atoms with van der Waals surface area (Å²) in [6, 6.07) is 14.1. The Hall–Kier alpha value is -2.75. The molecule has 0 saturated heterocycles. The van der Waals surface area contributed by atoms with Crippen molar-refractivity contribution in [2.75, 3.05) is 0 Å². The molecule has 3 rings (SSSR count). The largest absolute Gasteiger partial charge is 0.288 e. The number of benzene rings is 2. The van der Waals surface area contributed by atoms with Crippen LogP contribution < -0.4 is 0 Å². The minimum Gasteiger partial charge on any atom is -0.258 e. The molecule has 0 aliphatic heterocycles. The molecule has 0 bridgehead atoms. The number of nitriles is 1. The van der Waals surface area contributed by atoms with E-state index < -0.39 is 4.92 Å². The molecule has 2 aromatic carbocycles. The predicted molar refractivity (Wildman–Crippen MR) is 91.2 cm³/mol. The smallest absolute Gasteiger partial charge is 0.258 e. The third-order valence-electron chi connectivity index (χ3n) is 3.12. The predicted octanol–water partition coefficient (Wildman–Crippen LogP) is 4.92. The molecule has 0 N–H and O–H groups in total. The van der Waals surface area contributed by atoms with E-state index in [0.29, 0.717) is 16.1 Å². The lowest BCUT2D eigenvalue weighted by molar-refractivity contribution is -0.384. The Morgan fingerprint density at radius 1 is 1.35 bits per heavy atom. The van der Waals surface area contributed by atoms with Crippen molar-refractivity contribution in [2.45, 2.75) is 0 Å². The summed E-state index contributed by atoms with van der Waals surface area (Å²) in [5.74, 6) is 0. The molecule has 1 heterocycles. The van der Waals surface area contributed by atoms with E-state index in [2.05, 4.69) is 11.1 Å². The molecule has 0 atom stereocenters. The first-order chi connectivity index (χ1) is 11.1. The first kappa shape index (κ1) is 15.2. The van der Waals surface area contributed by atoms with E-state index in [9.17, 15) is 15.4 Å². The number of allylic oxidation sites excluding steroid dienone is 1. The van der Waals surface area contributed by atoms with Crippen LogP contribution in [0.5, 0.6) is 0 Å². The average molecular weight is 342 g/mol. The van der Waals surface area contributed by atoms with Crippen LogP contribution in [-0.4, -0.2) is 9.91 Å². The number of hydrogen-bond donors (Lipinski definition) is 0. The van der Waals surface area contributed by atoms with Crippen LogP contribution in [0.1, 0.15) is 10.6 Å². The van der Waals surface area contributed by atoms with Gasteiger partial charge in [0.1, 0.15) is 16.1 Å². The number of aromatic nitrogens is 1. The number of rotatable bonds is 3. The Bertz CT molecular complexity index is 955. The molecular weight excluding hydrogens is 334 g/mol. The van der Waals surface area contributed by atoms with Gasteiger partial charge in [-0.3, -0.25) is 10.1 Å². The molecule has 1 aromatic heterocycles. The highest BCUT2D eigenvalue weighted by Gasteiger charge is 2.13. The van der Waals surface area contributed by atoms with Crippen molar-refractivity contribution in [3.8, 4) is 6.07 Å². The summed E-state index contributed by atoms with van der Waals surface area (Å²) in [6.45, 7) is 0. The highest BCUT2D eigenvalue weighted by Crippen LogP contribution is 2.30.